The van der Waals surface area contributed by atoms with Crippen LogP contribution in [0.3, 0.4) is 0 Å². The number of primary amides is 1. The van der Waals surface area contributed by atoms with Gasteiger partial charge in [0.15, 0.2) is 0 Å². The molecular formula is C28H38FN5O3. The molecule has 8 nitrogen and oxygen atoms in total. The van der Waals surface area contributed by atoms with Gasteiger partial charge < -0.3 is 20.3 Å². The second-order valence-electron chi connectivity index (χ2n) is 10.3. The van der Waals surface area contributed by atoms with Crippen molar-refractivity contribution in [1.29, 1.82) is 0 Å². The Morgan fingerprint density at radius 2 is 1.73 bits per heavy atom. The first-order valence-electron chi connectivity index (χ1n) is 13.4. The third-order valence-electron chi connectivity index (χ3n) is 7.86. The van der Waals surface area contributed by atoms with Gasteiger partial charge in [0, 0.05) is 30.3 Å². The van der Waals surface area contributed by atoms with Gasteiger partial charge in [0.05, 0.1) is 12.3 Å². The molecule has 1 atom stereocenters. The summed E-state index contributed by atoms with van der Waals surface area (Å²) in [4.78, 5) is 28.2. The van der Waals surface area contributed by atoms with Crippen molar-refractivity contribution in [1.82, 2.24) is 20.0 Å². The van der Waals surface area contributed by atoms with E-state index in [1.807, 2.05) is 32.0 Å². The Balaban J connectivity index is 1.26. The molecule has 2 fully saturated rings. The summed E-state index contributed by atoms with van der Waals surface area (Å²) >= 11 is 0. The molecule has 2 amide bonds. The standard InChI is InChI=1S/C28H38FN5O3/c1-3-28(29,4-2)19-33-16-13-20(14-17-33)18-37-25-12-11-23(31-32-25)21-7-9-22(10-8-21)27(36)34-15-5-6-24(34)26(30)35/h7-12,20,24H,3-6,13-19H2,1-2H3,(H2,30,35)/t24-/m0/s1. The molecule has 9 heteroatoms. The number of ether oxygens (including phenoxy) is 1. The van der Waals surface area contributed by atoms with Crippen LogP contribution in [0, 0.1) is 5.92 Å². The molecule has 0 unspecified atom stereocenters. The molecule has 2 aliphatic heterocycles. The highest BCUT2D eigenvalue weighted by molar-refractivity contribution is 5.98. The van der Waals surface area contributed by atoms with E-state index >= 15 is 0 Å². The predicted octanol–water partition coefficient (Wildman–Crippen LogP) is 3.85. The molecule has 0 saturated carbocycles. The molecule has 3 heterocycles. The van der Waals surface area contributed by atoms with Crippen LogP contribution in [0.25, 0.3) is 11.3 Å². The zero-order valence-corrected chi connectivity index (χ0v) is 21.9. The molecule has 37 heavy (non-hydrogen) atoms. The largest absolute Gasteiger partial charge is 0.476 e. The first-order chi connectivity index (χ1) is 17.8. The van der Waals surface area contributed by atoms with Gasteiger partial charge in [-0.1, -0.05) is 26.0 Å². The number of aromatic nitrogens is 2. The molecule has 2 aromatic rings. The minimum absolute atomic E-state index is 0.187. The Kier molecular flexibility index (Phi) is 8.74. The topological polar surface area (TPSA) is 102 Å². The summed E-state index contributed by atoms with van der Waals surface area (Å²) in [6.07, 6.45) is 4.46. The van der Waals surface area contributed by atoms with Crippen LogP contribution in [0.5, 0.6) is 5.88 Å². The zero-order chi connectivity index (χ0) is 26.4. The fourth-order valence-corrected chi connectivity index (χ4v) is 5.19. The molecular weight excluding hydrogens is 473 g/mol. The van der Waals surface area contributed by atoms with E-state index in [1.54, 1.807) is 23.1 Å². The number of halogens is 1. The van der Waals surface area contributed by atoms with Crippen LogP contribution >= 0.6 is 0 Å². The average Bonchev–Trinajstić information content (AvgIpc) is 3.43. The molecule has 0 bridgehead atoms. The predicted molar refractivity (Wildman–Crippen MR) is 140 cm³/mol. The maximum atomic E-state index is 14.7. The van der Waals surface area contributed by atoms with Gasteiger partial charge in [-0.25, -0.2) is 4.39 Å². The van der Waals surface area contributed by atoms with Crippen molar-refractivity contribution in [3.8, 4) is 17.1 Å². The van der Waals surface area contributed by atoms with Gasteiger partial charge in [-0.05, 0) is 75.7 Å². The van der Waals surface area contributed by atoms with Crippen molar-refractivity contribution < 1.29 is 18.7 Å². The number of carbonyl (C=O) groups is 2. The molecule has 0 spiro atoms. The van der Waals surface area contributed by atoms with E-state index in [1.165, 1.54) is 0 Å². The lowest BCUT2D eigenvalue weighted by Crippen LogP contribution is -2.44. The zero-order valence-electron chi connectivity index (χ0n) is 21.9. The van der Waals surface area contributed by atoms with E-state index in [4.69, 9.17) is 10.5 Å². The number of alkyl halides is 1. The second-order valence-corrected chi connectivity index (χ2v) is 10.3. The highest BCUT2D eigenvalue weighted by Gasteiger charge is 2.33. The van der Waals surface area contributed by atoms with Crippen molar-refractivity contribution in [2.24, 2.45) is 11.7 Å². The lowest BCUT2D eigenvalue weighted by Gasteiger charge is -2.36. The fraction of sp³-hybridized carbons (Fsp3) is 0.571. The van der Waals surface area contributed by atoms with Crippen molar-refractivity contribution in [2.75, 3.05) is 32.8 Å². The smallest absolute Gasteiger partial charge is 0.254 e. The van der Waals surface area contributed by atoms with Gasteiger partial charge in [0.1, 0.15) is 11.7 Å². The summed E-state index contributed by atoms with van der Waals surface area (Å²) in [5, 5.41) is 8.51. The molecule has 2 saturated heterocycles. The number of piperidine rings is 1. The van der Waals surface area contributed by atoms with Gasteiger partial charge in [-0.15, -0.1) is 10.2 Å². The van der Waals surface area contributed by atoms with Crippen molar-refractivity contribution >= 4 is 11.8 Å². The van der Waals surface area contributed by atoms with Gasteiger partial charge in [-0.3, -0.25) is 9.59 Å². The Hall–Kier alpha value is -3.07. The average molecular weight is 512 g/mol. The molecule has 1 aromatic carbocycles. The Labute approximate surface area is 218 Å². The van der Waals surface area contributed by atoms with Crippen molar-refractivity contribution in [3.05, 3.63) is 42.0 Å². The SMILES string of the molecule is CCC(F)(CC)CN1CCC(COc2ccc(-c3ccc(C(=O)N4CCC[C@H]4C(N)=O)cc3)nn2)CC1. The summed E-state index contributed by atoms with van der Waals surface area (Å²) in [5.41, 5.74) is 6.38. The highest BCUT2D eigenvalue weighted by atomic mass is 19.1. The minimum Gasteiger partial charge on any atom is -0.476 e. The number of nitrogens with two attached hydrogens (primary N) is 1. The van der Waals surface area contributed by atoms with E-state index in [9.17, 15) is 14.0 Å². The highest BCUT2D eigenvalue weighted by Crippen LogP contribution is 2.26. The fourth-order valence-electron chi connectivity index (χ4n) is 5.19. The maximum absolute atomic E-state index is 14.7. The third-order valence-corrected chi connectivity index (χ3v) is 7.86. The van der Waals surface area contributed by atoms with Gasteiger partial charge >= 0.3 is 0 Å². The first kappa shape index (κ1) is 27.0. The van der Waals surface area contributed by atoms with E-state index in [0.29, 0.717) is 62.0 Å². The van der Waals surface area contributed by atoms with Crippen LogP contribution < -0.4 is 10.5 Å². The molecule has 200 valence electrons. The number of carbonyl (C=O) groups excluding carboxylic acids is 2. The first-order valence-corrected chi connectivity index (χ1v) is 13.4. The number of hydrogen-bond acceptors (Lipinski definition) is 6. The van der Waals surface area contributed by atoms with Crippen LogP contribution in [-0.2, 0) is 4.79 Å². The molecule has 0 radical (unpaired) electrons. The summed E-state index contributed by atoms with van der Waals surface area (Å²) in [7, 11) is 0. The summed E-state index contributed by atoms with van der Waals surface area (Å²) in [6.45, 7) is 7.25. The normalized spacial score (nSPS) is 19.2. The van der Waals surface area contributed by atoms with E-state index in [0.717, 1.165) is 37.9 Å². The second kappa shape index (κ2) is 12.0. The van der Waals surface area contributed by atoms with E-state index < -0.39 is 17.6 Å². The number of amides is 2. The Morgan fingerprint density at radius 3 is 2.32 bits per heavy atom. The van der Waals surface area contributed by atoms with E-state index in [-0.39, 0.29) is 5.91 Å². The van der Waals surface area contributed by atoms with Crippen LogP contribution in [0.15, 0.2) is 36.4 Å². The Bertz CT molecular complexity index is 1050. The summed E-state index contributed by atoms with van der Waals surface area (Å²) in [5.74, 6) is 0.250. The van der Waals surface area contributed by atoms with Gasteiger partial charge in [-0.2, -0.15) is 0 Å². The minimum atomic E-state index is -1.08. The molecule has 4 rings (SSSR count). The molecule has 2 aliphatic rings. The van der Waals surface area contributed by atoms with Crippen molar-refractivity contribution in [3.63, 3.8) is 0 Å². The quantitative estimate of drug-likeness (QED) is 0.520. The van der Waals surface area contributed by atoms with Crippen LogP contribution in [0.2, 0.25) is 0 Å². The van der Waals surface area contributed by atoms with Crippen LogP contribution in [0.1, 0.15) is 62.7 Å². The monoisotopic (exact) mass is 511 g/mol. The summed E-state index contributed by atoms with van der Waals surface area (Å²) in [6, 6.07) is 10.2. The number of benzene rings is 1. The molecule has 2 N–H and O–H groups in total. The van der Waals surface area contributed by atoms with Gasteiger partial charge in [0.2, 0.25) is 11.8 Å². The molecule has 1 aromatic heterocycles. The maximum Gasteiger partial charge on any atom is 0.254 e. The van der Waals surface area contributed by atoms with Gasteiger partial charge in [0.25, 0.3) is 5.91 Å². The van der Waals surface area contributed by atoms with Crippen LogP contribution in [0.4, 0.5) is 4.39 Å². The number of nitrogens with zero attached hydrogens (tertiary/aromatic N) is 4. The Morgan fingerprint density at radius 1 is 1.03 bits per heavy atom. The summed E-state index contributed by atoms with van der Waals surface area (Å²) < 4.78 is 20.6. The van der Waals surface area contributed by atoms with Crippen LogP contribution in [-0.4, -0.2) is 76.3 Å². The number of likely N-dealkylation sites (tertiary alicyclic amines) is 2. The number of hydrogen-bond donors (Lipinski definition) is 1. The van der Waals surface area contributed by atoms with Crippen molar-refractivity contribution in [2.45, 2.75) is 64.1 Å². The lowest BCUT2D eigenvalue weighted by atomic mass is 9.94. The third kappa shape index (κ3) is 6.63. The van der Waals surface area contributed by atoms with E-state index in [2.05, 4.69) is 15.1 Å². The molecule has 0 aliphatic carbocycles. The lowest BCUT2D eigenvalue weighted by molar-refractivity contribution is -0.121. The number of rotatable bonds is 10.